The lowest BCUT2D eigenvalue weighted by atomic mass is 10.1. The first-order valence-corrected chi connectivity index (χ1v) is 5.39. The summed E-state index contributed by atoms with van der Waals surface area (Å²) < 4.78 is 0. The fourth-order valence-electron chi connectivity index (χ4n) is 1.26. The van der Waals surface area contributed by atoms with Crippen LogP contribution in [0.25, 0.3) is 0 Å². The minimum atomic E-state index is -0.293. The van der Waals surface area contributed by atoms with Gasteiger partial charge in [-0.3, -0.25) is 4.79 Å². The van der Waals surface area contributed by atoms with E-state index in [1.165, 1.54) is 25.7 Å². The van der Waals surface area contributed by atoms with Gasteiger partial charge in [-0.15, -0.1) is 0 Å². The summed E-state index contributed by atoms with van der Waals surface area (Å²) in [5.41, 5.74) is 0.969. The molecule has 0 fully saturated rings. The summed E-state index contributed by atoms with van der Waals surface area (Å²) in [4.78, 5) is 10.5. The van der Waals surface area contributed by atoms with Gasteiger partial charge < -0.3 is 0 Å². The Morgan fingerprint density at radius 3 is 2.38 bits per heavy atom. The Bertz CT molecular complexity index is 163. The molecule has 0 unspecified atom stereocenters. The second kappa shape index (κ2) is 8.31. The number of allylic oxidation sites excluding steroid dienone is 1. The fourth-order valence-corrected chi connectivity index (χ4v) is 1.45. The molecule has 0 heterocycles. The highest BCUT2D eigenvalue weighted by Gasteiger charge is 2.00. The van der Waals surface area contributed by atoms with E-state index in [0.29, 0.717) is 6.42 Å². The first-order chi connectivity index (χ1) is 6.16. The SMILES string of the molecule is C=C(CCCCCCC)CC(=O)Cl. The standard InChI is InChI=1S/C11H19ClO/c1-3-4-5-6-7-8-10(2)9-11(12)13/h2-9H2,1H3. The van der Waals surface area contributed by atoms with Crippen molar-refractivity contribution >= 4 is 16.8 Å². The Labute approximate surface area is 86.2 Å². The summed E-state index contributed by atoms with van der Waals surface area (Å²) in [7, 11) is 0. The predicted octanol–water partition coefficient (Wildman–Crippen LogP) is 4.06. The van der Waals surface area contributed by atoms with Crippen molar-refractivity contribution in [2.24, 2.45) is 0 Å². The van der Waals surface area contributed by atoms with Crippen molar-refractivity contribution in [3.63, 3.8) is 0 Å². The van der Waals surface area contributed by atoms with E-state index in [0.717, 1.165) is 18.4 Å². The smallest absolute Gasteiger partial charge is 0.225 e. The average molecular weight is 203 g/mol. The van der Waals surface area contributed by atoms with Crippen molar-refractivity contribution in [1.82, 2.24) is 0 Å². The van der Waals surface area contributed by atoms with E-state index in [2.05, 4.69) is 13.5 Å². The van der Waals surface area contributed by atoms with E-state index < -0.39 is 0 Å². The topological polar surface area (TPSA) is 17.1 Å². The molecule has 76 valence electrons. The quantitative estimate of drug-likeness (QED) is 0.330. The number of carbonyl (C=O) groups is 1. The summed E-state index contributed by atoms with van der Waals surface area (Å²) in [6, 6.07) is 0. The van der Waals surface area contributed by atoms with Crippen LogP contribution in [0.4, 0.5) is 0 Å². The lowest BCUT2D eigenvalue weighted by Crippen LogP contribution is -1.90. The Morgan fingerprint density at radius 1 is 1.23 bits per heavy atom. The van der Waals surface area contributed by atoms with Gasteiger partial charge in [0.2, 0.25) is 5.24 Å². The van der Waals surface area contributed by atoms with Gasteiger partial charge in [0.15, 0.2) is 0 Å². The molecule has 1 nitrogen and oxygen atoms in total. The molecule has 0 aromatic heterocycles. The summed E-state index contributed by atoms with van der Waals surface area (Å²) >= 11 is 5.24. The van der Waals surface area contributed by atoms with Gasteiger partial charge >= 0.3 is 0 Å². The number of halogens is 1. The molecule has 0 bridgehead atoms. The maximum Gasteiger partial charge on any atom is 0.225 e. The molecule has 0 aromatic carbocycles. The van der Waals surface area contributed by atoms with E-state index in [9.17, 15) is 4.79 Å². The van der Waals surface area contributed by atoms with Crippen LogP contribution in [0.15, 0.2) is 12.2 Å². The van der Waals surface area contributed by atoms with Gasteiger partial charge in [0.1, 0.15) is 0 Å². The molecular weight excluding hydrogens is 184 g/mol. The lowest BCUT2D eigenvalue weighted by molar-refractivity contribution is -0.111. The largest absolute Gasteiger partial charge is 0.281 e. The number of rotatable bonds is 8. The molecule has 0 saturated carbocycles. The Hall–Kier alpha value is -0.300. The van der Waals surface area contributed by atoms with Crippen LogP contribution in [0.3, 0.4) is 0 Å². The van der Waals surface area contributed by atoms with Gasteiger partial charge in [0.05, 0.1) is 0 Å². The summed E-state index contributed by atoms with van der Waals surface area (Å²) in [6.07, 6.45) is 7.53. The first kappa shape index (κ1) is 12.7. The highest BCUT2D eigenvalue weighted by atomic mass is 35.5. The van der Waals surface area contributed by atoms with Crippen molar-refractivity contribution in [3.8, 4) is 0 Å². The highest BCUT2D eigenvalue weighted by molar-refractivity contribution is 6.63. The van der Waals surface area contributed by atoms with Gasteiger partial charge in [-0.25, -0.2) is 0 Å². The van der Waals surface area contributed by atoms with Crippen molar-refractivity contribution in [1.29, 1.82) is 0 Å². The van der Waals surface area contributed by atoms with Crippen LogP contribution in [0.5, 0.6) is 0 Å². The molecular formula is C11H19ClO. The molecule has 0 saturated heterocycles. The van der Waals surface area contributed by atoms with E-state index in [1.807, 2.05) is 0 Å². The number of carbonyl (C=O) groups excluding carboxylic acids is 1. The first-order valence-electron chi connectivity index (χ1n) is 5.01. The molecule has 0 aliphatic heterocycles. The Kier molecular flexibility index (Phi) is 8.11. The lowest BCUT2D eigenvalue weighted by Gasteiger charge is -2.01. The maximum atomic E-state index is 10.5. The number of unbranched alkanes of at least 4 members (excludes halogenated alkanes) is 4. The van der Waals surface area contributed by atoms with E-state index in [1.54, 1.807) is 0 Å². The molecule has 0 N–H and O–H groups in total. The van der Waals surface area contributed by atoms with Gasteiger partial charge in [-0.05, 0) is 24.4 Å². The minimum Gasteiger partial charge on any atom is -0.281 e. The fraction of sp³-hybridized carbons (Fsp3) is 0.727. The van der Waals surface area contributed by atoms with Crippen molar-refractivity contribution in [2.45, 2.75) is 51.9 Å². The van der Waals surface area contributed by atoms with Gasteiger partial charge in [-0.2, -0.15) is 0 Å². The minimum absolute atomic E-state index is 0.293. The van der Waals surface area contributed by atoms with Gasteiger partial charge in [0, 0.05) is 6.42 Å². The number of hydrogen-bond donors (Lipinski definition) is 0. The van der Waals surface area contributed by atoms with Crippen LogP contribution < -0.4 is 0 Å². The zero-order chi connectivity index (χ0) is 10.1. The van der Waals surface area contributed by atoms with Crippen molar-refractivity contribution < 1.29 is 4.79 Å². The molecule has 0 spiro atoms. The monoisotopic (exact) mass is 202 g/mol. The average Bonchev–Trinajstić information content (AvgIpc) is 2.02. The van der Waals surface area contributed by atoms with Crippen molar-refractivity contribution in [2.75, 3.05) is 0 Å². The van der Waals surface area contributed by atoms with Gasteiger partial charge in [-0.1, -0.05) is 44.8 Å². The molecule has 13 heavy (non-hydrogen) atoms. The van der Waals surface area contributed by atoms with Gasteiger partial charge in [0.25, 0.3) is 0 Å². The highest BCUT2D eigenvalue weighted by Crippen LogP contribution is 2.13. The van der Waals surface area contributed by atoms with Crippen molar-refractivity contribution in [3.05, 3.63) is 12.2 Å². The molecule has 0 radical (unpaired) electrons. The predicted molar refractivity (Wildman–Crippen MR) is 58.0 cm³/mol. The van der Waals surface area contributed by atoms with Crippen LogP contribution in [0, 0.1) is 0 Å². The van der Waals surface area contributed by atoms with Crippen LogP contribution in [-0.4, -0.2) is 5.24 Å². The van der Waals surface area contributed by atoms with Crippen LogP contribution in [-0.2, 0) is 4.79 Å². The van der Waals surface area contributed by atoms with E-state index in [4.69, 9.17) is 11.6 Å². The molecule has 0 aliphatic rings. The second-order valence-electron chi connectivity index (χ2n) is 3.45. The molecule has 0 aromatic rings. The molecule has 0 atom stereocenters. The third-order valence-corrected chi connectivity index (χ3v) is 2.16. The van der Waals surface area contributed by atoms with Crippen LogP contribution >= 0.6 is 11.6 Å². The molecule has 2 heteroatoms. The van der Waals surface area contributed by atoms with E-state index >= 15 is 0 Å². The Morgan fingerprint density at radius 2 is 1.85 bits per heavy atom. The molecule has 0 amide bonds. The third-order valence-electron chi connectivity index (χ3n) is 2.02. The van der Waals surface area contributed by atoms with Crippen LogP contribution in [0.1, 0.15) is 51.9 Å². The summed E-state index contributed by atoms with van der Waals surface area (Å²) in [5, 5.41) is -0.293. The Balaban J connectivity index is 3.22. The normalized spacial score (nSPS) is 10.0. The molecule has 0 rings (SSSR count). The van der Waals surface area contributed by atoms with Crippen LogP contribution in [0.2, 0.25) is 0 Å². The maximum absolute atomic E-state index is 10.5. The number of hydrogen-bond acceptors (Lipinski definition) is 1. The zero-order valence-corrected chi connectivity index (χ0v) is 9.20. The molecule has 0 aliphatic carbocycles. The zero-order valence-electron chi connectivity index (χ0n) is 8.44. The van der Waals surface area contributed by atoms with E-state index in [-0.39, 0.29) is 5.24 Å². The third kappa shape index (κ3) is 9.62. The second-order valence-corrected chi connectivity index (χ2v) is 3.87. The summed E-state index contributed by atoms with van der Waals surface area (Å²) in [6.45, 7) is 6.01. The summed E-state index contributed by atoms with van der Waals surface area (Å²) in [5.74, 6) is 0.